The third kappa shape index (κ3) is 2.83. The fourth-order valence-corrected chi connectivity index (χ4v) is 2.58. The molecule has 0 aromatic carbocycles. The van der Waals surface area contributed by atoms with E-state index in [1.165, 1.54) is 6.20 Å². The smallest absolute Gasteiger partial charge is 0.356 e. The molecule has 0 amide bonds. The minimum Gasteiger partial charge on any atom is -0.476 e. The van der Waals surface area contributed by atoms with Crippen molar-refractivity contribution in [2.24, 2.45) is 0 Å². The molecule has 0 bridgehead atoms. The Morgan fingerprint density at radius 3 is 2.95 bits per heavy atom. The molecule has 9 nitrogen and oxygen atoms in total. The number of nitrogens with one attached hydrogen (secondary N) is 1. The fourth-order valence-electron chi connectivity index (χ4n) is 2.07. The van der Waals surface area contributed by atoms with Crippen LogP contribution in [0.25, 0.3) is 5.65 Å². The Morgan fingerprint density at radius 2 is 2.27 bits per heavy atom. The van der Waals surface area contributed by atoms with Crippen LogP contribution in [0.15, 0.2) is 22.9 Å². The van der Waals surface area contributed by atoms with Crippen molar-refractivity contribution in [3.05, 3.63) is 40.0 Å². The van der Waals surface area contributed by atoms with Gasteiger partial charge < -0.3 is 14.6 Å². The van der Waals surface area contributed by atoms with Crippen molar-refractivity contribution in [3.63, 3.8) is 0 Å². The molecule has 0 saturated carbocycles. The van der Waals surface area contributed by atoms with Crippen molar-refractivity contribution in [2.75, 3.05) is 0 Å². The van der Waals surface area contributed by atoms with Crippen LogP contribution in [-0.2, 0) is 6.42 Å². The van der Waals surface area contributed by atoms with Gasteiger partial charge in [0, 0.05) is 16.9 Å². The van der Waals surface area contributed by atoms with Crippen LogP contribution in [0.2, 0.25) is 0 Å². The van der Waals surface area contributed by atoms with E-state index < -0.39 is 12.1 Å². The van der Waals surface area contributed by atoms with Crippen molar-refractivity contribution in [1.29, 1.82) is 0 Å². The van der Waals surface area contributed by atoms with Crippen molar-refractivity contribution in [3.8, 4) is 0 Å². The van der Waals surface area contributed by atoms with Gasteiger partial charge in [0.05, 0.1) is 0 Å². The highest BCUT2D eigenvalue weighted by Crippen LogP contribution is 2.23. The molecule has 3 aromatic heterocycles. The van der Waals surface area contributed by atoms with Crippen LogP contribution in [0.5, 0.6) is 0 Å². The van der Waals surface area contributed by atoms with Crippen LogP contribution < -0.4 is 0 Å². The molecule has 10 heteroatoms. The first-order valence-corrected chi connectivity index (χ1v) is 7.15. The van der Waals surface area contributed by atoms with Gasteiger partial charge in [-0.25, -0.2) is 9.78 Å². The molecule has 0 aliphatic heterocycles. The van der Waals surface area contributed by atoms with Gasteiger partial charge in [-0.05, 0) is 24.5 Å². The Labute approximate surface area is 132 Å². The lowest BCUT2D eigenvalue weighted by Gasteiger charge is -2.08. The molecule has 1 atom stereocenters. The Bertz CT molecular complexity index is 816. The van der Waals surface area contributed by atoms with E-state index >= 15 is 0 Å². The van der Waals surface area contributed by atoms with E-state index in [4.69, 9.17) is 5.11 Å². The SMILES string of the molecule is O=C(O)c1cn2cc(CCC(O)c3nn[nH]n3)c(Br)cc2n1. The van der Waals surface area contributed by atoms with Crippen LogP contribution in [-0.4, -0.2) is 46.2 Å². The summed E-state index contributed by atoms with van der Waals surface area (Å²) in [5.74, 6) is -0.832. The molecule has 0 aliphatic rings. The normalized spacial score (nSPS) is 12.6. The number of fused-ring (bicyclic) bond motifs is 1. The summed E-state index contributed by atoms with van der Waals surface area (Å²) in [7, 11) is 0. The minimum absolute atomic E-state index is 0.0177. The maximum Gasteiger partial charge on any atom is 0.356 e. The number of pyridine rings is 1. The molecule has 1 unspecified atom stereocenters. The van der Waals surface area contributed by atoms with Gasteiger partial charge in [0.25, 0.3) is 0 Å². The van der Waals surface area contributed by atoms with E-state index in [9.17, 15) is 9.90 Å². The maximum absolute atomic E-state index is 10.9. The molecule has 3 aromatic rings. The first-order chi connectivity index (χ1) is 10.5. The second kappa shape index (κ2) is 5.81. The molecule has 0 fully saturated rings. The predicted molar refractivity (Wildman–Crippen MR) is 77.3 cm³/mol. The number of tetrazole rings is 1. The molecule has 0 radical (unpaired) electrons. The number of aromatic nitrogens is 6. The number of hydrogen-bond donors (Lipinski definition) is 3. The van der Waals surface area contributed by atoms with Crippen LogP contribution in [0.3, 0.4) is 0 Å². The monoisotopic (exact) mass is 366 g/mol. The molecule has 0 saturated heterocycles. The van der Waals surface area contributed by atoms with Gasteiger partial charge in [-0.1, -0.05) is 21.1 Å². The number of carbonyl (C=O) groups is 1. The summed E-state index contributed by atoms with van der Waals surface area (Å²) in [4.78, 5) is 14.9. The van der Waals surface area contributed by atoms with Crippen LogP contribution in [0, 0.1) is 0 Å². The van der Waals surface area contributed by atoms with Crippen LogP contribution in [0.4, 0.5) is 0 Å². The fraction of sp³-hybridized carbons (Fsp3) is 0.250. The lowest BCUT2D eigenvalue weighted by molar-refractivity contribution is 0.0691. The third-order valence-corrected chi connectivity index (χ3v) is 3.92. The molecule has 3 heterocycles. The van der Waals surface area contributed by atoms with Gasteiger partial charge in [-0.3, -0.25) is 0 Å². The molecule has 114 valence electrons. The summed E-state index contributed by atoms with van der Waals surface area (Å²) in [6, 6.07) is 1.74. The summed E-state index contributed by atoms with van der Waals surface area (Å²) in [6.45, 7) is 0. The van der Waals surface area contributed by atoms with E-state index in [0.29, 0.717) is 18.5 Å². The zero-order valence-corrected chi connectivity index (χ0v) is 12.7. The lowest BCUT2D eigenvalue weighted by atomic mass is 10.1. The average molecular weight is 367 g/mol. The van der Waals surface area contributed by atoms with Gasteiger partial charge >= 0.3 is 5.97 Å². The van der Waals surface area contributed by atoms with E-state index in [1.54, 1.807) is 16.7 Å². The van der Waals surface area contributed by atoms with E-state index in [2.05, 4.69) is 41.5 Å². The van der Waals surface area contributed by atoms with Crippen molar-refractivity contribution < 1.29 is 15.0 Å². The molecular weight excluding hydrogens is 356 g/mol. The predicted octanol–water partition coefficient (Wildman–Crippen LogP) is 0.974. The van der Waals surface area contributed by atoms with Crippen LogP contribution >= 0.6 is 15.9 Å². The number of aliphatic hydroxyl groups excluding tert-OH is 1. The number of aliphatic hydroxyl groups is 1. The Hall–Kier alpha value is -2.33. The van der Waals surface area contributed by atoms with Crippen molar-refractivity contribution >= 4 is 27.5 Å². The number of aromatic carboxylic acids is 1. The summed E-state index contributed by atoms with van der Waals surface area (Å²) in [5, 5.41) is 32.1. The number of H-pyrrole nitrogens is 1. The summed E-state index contributed by atoms with van der Waals surface area (Å²) in [5.41, 5.74) is 1.42. The van der Waals surface area contributed by atoms with E-state index in [1.807, 2.05) is 0 Å². The minimum atomic E-state index is -1.08. The van der Waals surface area contributed by atoms with Gasteiger partial charge in [0.15, 0.2) is 5.69 Å². The summed E-state index contributed by atoms with van der Waals surface area (Å²) in [6.07, 6.45) is 3.36. The highest BCUT2D eigenvalue weighted by molar-refractivity contribution is 9.10. The second-order valence-corrected chi connectivity index (χ2v) is 5.52. The first-order valence-electron chi connectivity index (χ1n) is 6.36. The van der Waals surface area contributed by atoms with Crippen molar-refractivity contribution in [1.82, 2.24) is 30.0 Å². The lowest BCUT2D eigenvalue weighted by Crippen LogP contribution is -2.03. The van der Waals surface area contributed by atoms with E-state index in [-0.39, 0.29) is 11.5 Å². The van der Waals surface area contributed by atoms with Gasteiger partial charge in [0.1, 0.15) is 11.8 Å². The Kier molecular flexibility index (Phi) is 3.86. The number of rotatable bonds is 5. The van der Waals surface area contributed by atoms with Crippen molar-refractivity contribution in [2.45, 2.75) is 18.9 Å². The number of imidazole rings is 1. The highest BCUT2D eigenvalue weighted by atomic mass is 79.9. The number of aromatic amines is 1. The number of halogens is 1. The number of aryl methyl sites for hydroxylation is 1. The highest BCUT2D eigenvalue weighted by Gasteiger charge is 2.15. The van der Waals surface area contributed by atoms with E-state index in [0.717, 1.165) is 10.0 Å². The average Bonchev–Trinajstić information content (AvgIpc) is 3.13. The Morgan fingerprint density at radius 1 is 1.45 bits per heavy atom. The zero-order valence-electron chi connectivity index (χ0n) is 11.1. The quantitative estimate of drug-likeness (QED) is 0.613. The molecule has 22 heavy (non-hydrogen) atoms. The molecule has 3 rings (SSSR count). The number of carboxylic acid groups (broad SMARTS) is 1. The number of hydrogen-bond acceptors (Lipinski definition) is 6. The topological polar surface area (TPSA) is 129 Å². The summed E-state index contributed by atoms with van der Waals surface area (Å²) >= 11 is 3.43. The third-order valence-electron chi connectivity index (χ3n) is 3.18. The standard InChI is InChI=1S/C12H11BrN6O3/c13-7-3-10-14-8(12(21)22)5-19(10)4-6(7)1-2-9(20)11-15-17-18-16-11/h3-5,9,20H,1-2H2,(H,21,22)(H,15,16,17,18). The molecule has 0 spiro atoms. The van der Waals surface area contributed by atoms with Gasteiger partial charge in [-0.15, -0.1) is 10.2 Å². The maximum atomic E-state index is 10.9. The molecule has 0 aliphatic carbocycles. The van der Waals surface area contributed by atoms with Gasteiger partial charge in [-0.2, -0.15) is 5.21 Å². The van der Waals surface area contributed by atoms with Gasteiger partial charge in [0.2, 0.25) is 5.82 Å². The molecule has 3 N–H and O–H groups in total. The molecular formula is C12H11BrN6O3. The first kappa shape index (κ1) is 14.6. The zero-order chi connectivity index (χ0) is 15.7. The second-order valence-electron chi connectivity index (χ2n) is 4.67. The largest absolute Gasteiger partial charge is 0.476 e. The number of nitrogens with zero attached hydrogens (tertiary/aromatic N) is 5. The van der Waals surface area contributed by atoms with Crippen LogP contribution in [0.1, 0.15) is 34.4 Å². The summed E-state index contributed by atoms with van der Waals surface area (Å²) < 4.78 is 2.44. The Balaban J connectivity index is 1.81. The number of carboxylic acids is 1.